The predicted octanol–water partition coefficient (Wildman–Crippen LogP) is 4.93. The highest BCUT2D eigenvalue weighted by Gasteiger charge is 2.51. The summed E-state index contributed by atoms with van der Waals surface area (Å²) in [6, 6.07) is 13.2. The lowest BCUT2D eigenvalue weighted by molar-refractivity contribution is -0.143. The minimum absolute atomic E-state index is 0.0621. The van der Waals surface area contributed by atoms with E-state index in [0.29, 0.717) is 47.7 Å². The molecule has 1 aliphatic carbocycles. The lowest BCUT2D eigenvalue weighted by Gasteiger charge is -2.49. The number of hydrogen-bond donors (Lipinski definition) is 3. The predicted molar refractivity (Wildman–Crippen MR) is 172 cm³/mol. The van der Waals surface area contributed by atoms with Crippen LogP contribution in [0.25, 0.3) is 10.8 Å². The molecule has 2 aromatic heterocycles. The smallest absolute Gasteiger partial charge is 0.326 e. The number of aromatic nitrogens is 2. The fourth-order valence-electron chi connectivity index (χ4n) is 6.42. The number of anilines is 1. The highest BCUT2D eigenvalue weighted by molar-refractivity contribution is 7.89. The van der Waals surface area contributed by atoms with Crippen LogP contribution in [0.3, 0.4) is 0 Å². The minimum Gasteiger partial charge on any atom is -0.480 e. The summed E-state index contributed by atoms with van der Waals surface area (Å²) < 4.78 is 29.7. The number of sulfonamides is 1. The van der Waals surface area contributed by atoms with Crippen molar-refractivity contribution in [2.75, 3.05) is 5.32 Å². The molecule has 3 fully saturated rings. The van der Waals surface area contributed by atoms with Crippen molar-refractivity contribution < 1.29 is 27.9 Å². The first-order valence-corrected chi connectivity index (χ1v) is 16.8. The fourth-order valence-corrected chi connectivity index (χ4v) is 8.98. The Bertz CT molecular complexity index is 1910. The van der Waals surface area contributed by atoms with Crippen molar-refractivity contribution in [1.29, 1.82) is 0 Å². The maximum Gasteiger partial charge on any atom is 0.326 e. The maximum absolute atomic E-state index is 14.2. The third-order valence-corrected chi connectivity index (χ3v) is 11.0. The summed E-state index contributed by atoms with van der Waals surface area (Å²) in [5.74, 6) is -2.60. The first kappa shape index (κ1) is 31.9. The van der Waals surface area contributed by atoms with E-state index >= 15 is 0 Å². The summed E-state index contributed by atoms with van der Waals surface area (Å²) in [6.45, 7) is 0. The number of aliphatic carboxylic acids is 1. The third kappa shape index (κ3) is 6.43. The highest BCUT2D eigenvalue weighted by atomic mass is 35.5. The van der Waals surface area contributed by atoms with E-state index in [9.17, 15) is 27.9 Å². The van der Waals surface area contributed by atoms with Gasteiger partial charge in [0.1, 0.15) is 22.4 Å². The molecule has 4 heterocycles. The molecule has 2 bridgehead atoms. The van der Waals surface area contributed by atoms with Crippen LogP contribution in [0.15, 0.2) is 78.0 Å². The van der Waals surface area contributed by atoms with Crippen molar-refractivity contribution in [3.8, 4) is 0 Å². The van der Waals surface area contributed by atoms with Gasteiger partial charge in [0.25, 0.3) is 5.91 Å². The van der Waals surface area contributed by atoms with Crippen LogP contribution < -0.4 is 10.6 Å². The number of halogens is 2. The van der Waals surface area contributed by atoms with Gasteiger partial charge in [0.15, 0.2) is 0 Å². The minimum atomic E-state index is -4.14. The van der Waals surface area contributed by atoms with Crippen LogP contribution in [0.2, 0.25) is 10.3 Å². The lowest BCUT2D eigenvalue weighted by Crippen LogP contribution is -2.63. The van der Waals surface area contributed by atoms with Crippen LogP contribution in [0.1, 0.15) is 41.6 Å². The first-order valence-electron chi connectivity index (χ1n) is 14.6. The van der Waals surface area contributed by atoms with Crippen LogP contribution in [0, 0.1) is 5.92 Å². The van der Waals surface area contributed by atoms with Gasteiger partial charge in [-0.15, -0.1) is 0 Å². The number of nitrogens with zero attached hydrogens (tertiary/aromatic N) is 3. The van der Waals surface area contributed by atoms with Crippen molar-refractivity contribution in [2.45, 2.75) is 55.1 Å². The zero-order valence-electron chi connectivity index (χ0n) is 24.3. The van der Waals surface area contributed by atoms with E-state index < -0.39 is 39.9 Å². The van der Waals surface area contributed by atoms with Gasteiger partial charge in [-0.1, -0.05) is 47.5 Å². The zero-order chi connectivity index (χ0) is 32.6. The summed E-state index contributed by atoms with van der Waals surface area (Å²) in [5, 5.41) is 16.7. The van der Waals surface area contributed by atoms with E-state index in [2.05, 4.69) is 20.6 Å². The van der Waals surface area contributed by atoms with Gasteiger partial charge in [-0.25, -0.2) is 18.2 Å². The number of fused-ring (bicyclic) bond motifs is 4. The van der Waals surface area contributed by atoms with Crippen molar-refractivity contribution in [3.05, 3.63) is 94.5 Å². The molecule has 2 amide bonds. The number of piperidine rings is 2. The monoisotopic (exact) mass is 681 g/mol. The molecule has 2 atom stereocenters. The van der Waals surface area contributed by atoms with Crippen LogP contribution in [0.5, 0.6) is 0 Å². The molecule has 3 N–H and O–H groups in total. The number of carbonyl (C=O) groups is 3. The Morgan fingerprint density at radius 3 is 2.35 bits per heavy atom. The number of carboxylic acid groups (broad SMARTS) is 1. The molecular weight excluding hydrogens is 653 g/mol. The summed E-state index contributed by atoms with van der Waals surface area (Å²) in [6.07, 6.45) is 5.63. The number of nitrogens with one attached hydrogen (secondary N) is 2. The molecule has 2 saturated heterocycles. The average Bonchev–Trinajstić information content (AvgIpc) is 3.04. The van der Waals surface area contributed by atoms with Gasteiger partial charge in [-0.2, -0.15) is 4.31 Å². The molecule has 4 aromatic rings. The number of benzene rings is 2. The molecule has 11 nitrogen and oxygen atoms in total. The van der Waals surface area contributed by atoms with Crippen LogP contribution in [0.4, 0.5) is 5.69 Å². The van der Waals surface area contributed by atoms with Crippen LogP contribution in [-0.4, -0.2) is 63.7 Å². The van der Waals surface area contributed by atoms with Gasteiger partial charge < -0.3 is 15.7 Å². The van der Waals surface area contributed by atoms with Gasteiger partial charge in [0, 0.05) is 41.5 Å². The van der Waals surface area contributed by atoms with Gasteiger partial charge in [0.05, 0.1) is 4.90 Å². The Hall–Kier alpha value is -4.10. The SMILES string of the molecule is O=C(Nc1ccc(C[C@H](NC(=O)[C@@H]2C3CCC(CC3)N2S(=O)(=O)c2cccc3ccncc23)C(=O)O)cc1)c1cc(Cl)nc(Cl)c1. The first-order chi connectivity index (χ1) is 22.0. The highest BCUT2D eigenvalue weighted by Crippen LogP contribution is 2.43. The van der Waals surface area contributed by atoms with E-state index in [4.69, 9.17) is 23.2 Å². The van der Waals surface area contributed by atoms with Gasteiger partial charge in [0.2, 0.25) is 15.9 Å². The number of pyridine rings is 2. The second kappa shape index (κ2) is 13.0. The standard InChI is InChI=1S/C32H29Cl2N5O6S/c33-27-15-21(16-28(34)38-27)30(40)36-22-8-4-18(5-9-22)14-25(32(42)43)37-31(41)29-20-6-10-23(11-7-20)39(29)46(44,45)26-3-1-2-19-12-13-35-17-24(19)26/h1-5,8-9,12-13,15-17,20,23,25,29H,6-7,10-11,14H2,(H,36,40)(H,37,41)(H,42,43)/t20?,23?,25-,29-/m0/s1. The molecule has 3 aliphatic rings. The Balaban J connectivity index is 1.19. The second-order valence-corrected chi connectivity index (χ2v) is 14.0. The molecule has 0 radical (unpaired) electrons. The largest absolute Gasteiger partial charge is 0.480 e. The van der Waals surface area contributed by atoms with Gasteiger partial charge in [-0.3, -0.25) is 14.6 Å². The number of amides is 2. The molecule has 0 unspecified atom stereocenters. The quantitative estimate of drug-likeness (QED) is 0.210. The Morgan fingerprint density at radius 1 is 0.978 bits per heavy atom. The van der Waals surface area contributed by atoms with E-state index in [-0.39, 0.29) is 39.1 Å². The molecule has 46 heavy (non-hydrogen) atoms. The normalized spacial score (nSPS) is 20.3. The van der Waals surface area contributed by atoms with Crippen LogP contribution in [-0.2, 0) is 26.0 Å². The summed E-state index contributed by atoms with van der Waals surface area (Å²) >= 11 is 11.8. The molecule has 0 spiro atoms. The summed E-state index contributed by atoms with van der Waals surface area (Å²) in [4.78, 5) is 46.8. The number of carboxylic acids is 1. The third-order valence-electron chi connectivity index (χ3n) is 8.58. The number of rotatable bonds is 9. The Kier molecular flexibility index (Phi) is 8.97. The molecule has 14 heteroatoms. The van der Waals surface area contributed by atoms with Crippen molar-refractivity contribution in [2.24, 2.45) is 5.92 Å². The average molecular weight is 683 g/mol. The van der Waals surface area contributed by atoms with Crippen molar-refractivity contribution in [1.82, 2.24) is 19.6 Å². The van der Waals surface area contributed by atoms with Gasteiger partial charge >= 0.3 is 5.97 Å². The number of carbonyl (C=O) groups excluding carboxylic acids is 2. The summed E-state index contributed by atoms with van der Waals surface area (Å²) in [7, 11) is -4.14. The topological polar surface area (TPSA) is 159 Å². The molecule has 2 aromatic carbocycles. The summed E-state index contributed by atoms with van der Waals surface area (Å²) in [5.41, 5.74) is 1.24. The van der Waals surface area contributed by atoms with E-state index in [1.807, 2.05) is 0 Å². The maximum atomic E-state index is 14.2. The second-order valence-electron chi connectivity index (χ2n) is 11.5. The molecule has 7 rings (SSSR count). The van der Waals surface area contributed by atoms with Crippen molar-refractivity contribution in [3.63, 3.8) is 0 Å². The molecule has 238 valence electrons. The molecule has 1 saturated carbocycles. The van der Waals surface area contributed by atoms with Gasteiger partial charge in [-0.05, 0) is 78.9 Å². The van der Waals surface area contributed by atoms with Crippen molar-refractivity contribution >= 4 is 67.5 Å². The van der Waals surface area contributed by atoms with E-state index in [1.54, 1.807) is 48.7 Å². The Labute approximate surface area is 275 Å². The lowest BCUT2D eigenvalue weighted by atomic mass is 9.76. The van der Waals surface area contributed by atoms with E-state index in [1.165, 1.54) is 28.7 Å². The Morgan fingerprint density at radius 2 is 1.67 bits per heavy atom. The zero-order valence-corrected chi connectivity index (χ0v) is 26.6. The number of hydrogen-bond acceptors (Lipinski definition) is 7. The molecule has 2 aliphatic heterocycles. The fraction of sp³-hybridized carbons (Fsp3) is 0.281. The van der Waals surface area contributed by atoms with Crippen LogP contribution >= 0.6 is 23.2 Å². The van der Waals surface area contributed by atoms with E-state index in [0.717, 1.165) is 0 Å². The molecular formula is C32H29Cl2N5O6S.